The van der Waals surface area contributed by atoms with Gasteiger partial charge in [-0.05, 0) is 26.2 Å². The first kappa shape index (κ1) is 16.6. The number of nitriles is 1. The van der Waals surface area contributed by atoms with Crippen molar-refractivity contribution in [2.75, 3.05) is 5.32 Å². The molecule has 1 N–H and O–H groups in total. The van der Waals surface area contributed by atoms with Crippen molar-refractivity contribution in [1.29, 1.82) is 5.26 Å². The fourth-order valence-corrected chi connectivity index (χ4v) is 3.29. The highest BCUT2D eigenvalue weighted by molar-refractivity contribution is 7.15. The molecule has 0 fully saturated rings. The monoisotopic (exact) mass is 293 g/mol. The second kappa shape index (κ2) is 7.39. The number of thiazole rings is 1. The van der Waals surface area contributed by atoms with Crippen LogP contribution in [0.15, 0.2) is 0 Å². The lowest BCUT2D eigenvalue weighted by molar-refractivity contribution is -0.123. The van der Waals surface area contributed by atoms with Gasteiger partial charge in [-0.2, -0.15) is 5.26 Å². The SMILES string of the molecule is CCCC(C#N)(CCC)C(=O)Nc1nc(CC)c(C)s1. The number of carbonyl (C=O) groups excluding carboxylic acids is 1. The summed E-state index contributed by atoms with van der Waals surface area (Å²) in [6, 6.07) is 2.24. The average Bonchev–Trinajstić information content (AvgIpc) is 2.78. The third-order valence-corrected chi connectivity index (χ3v) is 4.38. The molecule has 0 saturated heterocycles. The Kier molecular flexibility index (Phi) is 6.15. The molecule has 0 saturated carbocycles. The number of hydrogen-bond acceptors (Lipinski definition) is 4. The third kappa shape index (κ3) is 3.57. The molecule has 0 aliphatic heterocycles. The van der Waals surface area contributed by atoms with E-state index in [-0.39, 0.29) is 5.91 Å². The van der Waals surface area contributed by atoms with Gasteiger partial charge in [0.05, 0.1) is 11.8 Å². The fourth-order valence-electron chi connectivity index (χ4n) is 2.39. The van der Waals surface area contributed by atoms with Gasteiger partial charge in [0.25, 0.3) is 0 Å². The molecule has 0 bridgehead atoms. The molecule has 0 aromatic carbocycles. The molecule has 20 heavy (non-hydrogen) atoms. The van der Waals surface area contributed by atoms with Crippen molar-refractivity contribution in [2.45, 2.75) is 59.8 Å². The zero-order chi connectivity index (χ0) is 15.2. The van der Waals surface area contributed by atoms with E-state index in [1.807, 2.05) is 27.7 Å². The number of carbonyl (C=O) groups is 1. The molecule has 1 aromatic heterocycles. The van der Waals surface area contributed by atoms with E-state index in [0.29, 0.717) is 18.0 Å². The second-order valence-electron chi connectivity index (χ2n) is 5.02. The van der Waals surface area contributed by atoms with E-state index in [0.717, 1.165) is 29.8 Å². The molecular formula is C15H23N3OS. The van der Waals surface area contributed by atoms with Crippen LogP contribution in [0.4, 0.5) is 5.13 Å². The minimum absolute atomic E-state index is 0.208. The van der Waals surface area contributed by atoms with E-state index in [1.54, 1.807) is 0 Å². The highest BCUT2D eigenvalue weighted by Crippen LogP contribution is 2.32. The lowest BCUT2D eigenvalue weighted by atomic mass is 9.80. The van der Waals surface area contributed by atoms with Crippen molar-refractivity contribution < 1.29 is 4.79 Å². The molecule has 1 heterocycles. The molecule has 0 unspecified atom stereocenters. The average molecular weight is 293 g/mol. The minimum atomic E-state index is -0.921. The van der Waals surface area contributed by atoms with Gasteiger partial charge in [0.1, 0.15) is 5.41 Å². The summed E-state index contributed by atoms with van der Waals surface area (Å²) >= 11 is 1.48. The number of aromatic nitrogens is 1. The number of hydrogen-bond donors (Lipinski definition) is 1. The predicted molar refractivity (Wildman–Crippen MR) is 82.7 cm³/mol. The van der Waals surface area contributed by atoms with Gasteiger partial charge in [-0.25, -0.2) is 4.98 Å². The van der Waals surface area contributed by atoms with Gasteiger partial charge in [-0.3, -0.25) is 4.79 Å². The van der Waals surface area contributed by atoms with Crippen molar-refractivity contribution in [3.8, 4) is 6.07 Å². The van der Waals surface area contributed by atoms with Gasteiger partial charge >= 0.3 is 0 Å². The Bertz CT molecular complexity index is 496. The van der Waals surface area contributed by atoms with Crippen molar-refractivity contribution in [3.63, 3.8) is 0 Å². The van der Waals surface area contributed by atoms with Crippen LogP contribution in [0.5, 0.6) is 0 Å². The van der Waals surface area contributed by atoms with Crippen LogP contribution in [0.1, 0.15) is 57.0 Å². The molecule has 0 aliphatic rings. The minimum Gasteiger partial charge on any atom is -0.301 e. The van der Waals surface area contributed by atoms with Crippen molar-refractivity contribution in [1.82, 2.24) is 4.98 Å². The zero-order valence-electron chi connectivity index (χ0n) is 12.7. The summed E-state index contributed by atoms with van der Waals surface area (Å²) in [6.07, 6.45) is 3.67. The van der Waals surface area contributed by atoms with Gasteiger partial charge in [0, 0.05) is 4.88 Å². The van der Waals surface area contributed by atoms with Crippen molar-refractivity contribution >= 4 is 22.4 Å². The van der Waals surface area contributed by atoms with E-state index < -0.39 is 5.41 Å². The highest BCUT2D eigenvalue weighted by atomic mass is 32.1. The number of rotatable bonds is 7. The quantitative estimate of drug-likeness (QED) is 0.824. The van der Waals surface area contributed by atoms with E-state index in [4.69, 9.17) is 0 Å². The van der Waals surface area contributed by atoms with Crippen LogP contribution in [-0.4, -0.2) is 10.9 Å². The summed E-state index contributed by atoms with van der Waals surface area (Å²) in [5.41, 5.74) is 0.0916. The highest BCUT2D eigenvalue weighted by Gasteiger charge is 2.37. The Hall–Kier alpha value is -1.41. The lowest BCUT2D eigenvalue weighted by Gasteiger charge is -2.23. The maximum atomic E-state index is 12.5. The largest absolute Gasteiger partial charge is 0.301 e. The molecule has 1 aromatic rings. The van der Waals surface area contributed by atoms with Gasteiger partial charge < -0.3 is 5.32 Å². The molecule has 0 atom stereocenters. The van der Waals surface area contributed by atoms with E-state index in [9.17, 15) is 10.1 Å². The van der Waals surface area contributed by atoms with Gasteiger partial charge in [0.15, 0.2) is 5.13 Å². The van der Waals surface area contributed by atoms with Crippen LogP contribution in [0.3, 0.4) is 0 Å². The summed E-state index contributed by atoms with van der Waals surface area (Å²) in [5, 5.41) is 12.9. The Balaban J connectivity index is 2.93. The number of amides is 1. The molecule has 5 heteroatoms. The smallest absolute Gasteiger partial charge is 0.246 e. The molecule has 1 rings (SSSR count). The normalized spacial score (nSPS) is 11.2. The Morgan fingerprint density at radius 3 is 2.35 bits per heavy atom. The summed E-state index contributed by atoms with van der Waals surface area (Å²) in [7, 11) is 0. The number of nitrogens with zero attached hydrogens (tertiary/aromatic N) is 2. The number of anilines is 1. The number of aryl methyl sites for hydroxylation is 2. The first-order chi connectivity index (χ1) is 9.52. The summed E-state index contributed by atoms with van der Waals surface area (Å²) < 4.78 is 0. The maximum Gasteiger partial charge on any atom is 0.246 e. The molecule has 0 spiro atoms. The van der Waals surface area contributed by atoms with E-state index in [2.05, 4.69) is 16.4 Å². The standard InChI is InChI=1S/C15H23N3OS/c1-5-8-15(10-16,9-6-2)13(19)18-14-17-12(7-3)11(4)20-14/h5-9H2,1-4H3,(H,17,18,19). The Labute approximate surface area is 125 Å². The van der Waals surface area contributed by atoms with Crippen LogP contribution >= 0.6 is 11.3 Å². The molecule has 110 valence electrons. The topological polar surface area (TPSA) is 65.8 Å². The first-order valence-electron chi connectivity index (χ1n) is 7.22. The van der Waals surface area contributed by atoms with Crippen LogP contribution in [-0.2, 0) is 11.2 Å². The second-order valence-corrected chi connectivity index (χ2v) is 6.23. The molecule has 1 amide bonds. The maximum absolute atomic E-state index is 12.5. The summed E-state index contributed by atoms with van der Waals surface area (Å²) in [4.78, 5) is 18.0. The van der Waals surface area contributed by atoms with Crippen LogP contribution < -0.4 is 5.32 Å². The first-order valence-corrected chi connectivity index (χ1v) is 8.03. The van der Waals surface area contributed by atoms with Crippen molar-refractivity contribution in [2.24, 2.45) is 5.41 Å². The van der Waals surface area contributed by atoms with Gasteiger partial charge in [0.2, 0.25) is 5.91 Å². The third-order valence-electron chi connectivity index (χ3n) is 3.45. The molecule has 0 aliphatic carbocycles. The van der Waals surface area contributed by atoms with Gasteiger partial charge in [-0.1, -0.05) is 33.6 Å². The van der Waals surface area contributed by atoms with Crippen LogP contribution in [0.2, 0.25) is 0 Å². The summed E-state index contributed by atoms with van der Waals surface area (Å²) in [6.45, 7) is 8.04. The predicted octanol–water partition coefficient (Wildman–Crippen LogP) is 4.06. The fraction of sp³-hybridized carbons (Fsp3) is 0.667. The summed E-state index contributed by atoms with van der Waals surface area (Å²) in [5.74, 6) is -0.208. The van der Waals surface area contributed by atoms with Crippen LogP contribution in [0.25, 0.3) is 0 Å². The molecular weight excluding hydrogens is 270 g/mol. The van der Waals surface area contributed by atoms with Crippen LogP contribution in [0, 0.1) is 23.7 Å². The Morgan fingerprint density at radius 1 is 1.35 bits per heavy atom. The zero-order valence-corrected chi connectivity index (χ0v) is 13.6. The van der Waals surface area contributed by atoms with Crippen molar-refractivity contribution in [3.05, 3.63) is 10.6 Å². The van der Waals surface area contributed by atoms with E-state index >= 15 is 0 Å². The lowest BCUT2D eigenvalue weighted by Crippen LogP contribution is -2.35. The Morgan fingerprint density at radius 2 is 1.95 bits per heavy atom. The van der Waals surface area contributed by atoms with Gasteiger partial charge in [-0.15, -0.1) is 11.3 Å². The van der Waals surface area contributed by atoms with E-state index in [1.165, 1.54) is 11.3 Å². The number of nitrogens with one attached hydrogen (secondary N) is 1. The molecule has 4 nitrogen and oxygen atoms in total. The molecule has 0 radical (unpaired) electrons.